The Kier molecular flexibility index (Phi) is 5.83. The number of fused-ring (bicyclic) bond motifs is 1. The van der Waals surface area contributed by atoms with Gasteiger partial charge in [-0.05, 0) is 44.1 Å². The minimum Gasteiger partial charge on any atom is -0.508 e. The lowest BCUT2D eigenvalue weighted by Crippen LogP contribution is -2.30. The van der Waals surface area contributed by atoms with Crippen LogP contribution in [0.3, 0.4) is 0 Å². The number of phenolic OH excluding ortho intramolecular Hbond substituents is 1. The smallest absolute Gasteiger partial charge is 0.251 e. The molecule has 12 heteroatoms. The summed E-state index contributed by atoms with van der Waals surface area (Å²) in [6.45, 7) is 1.20. The van der Waals surface area contributed by atoms with Gasteiger partial charge in [-0.3, -0.25) is 9.48 Å². The molecule has 3 heterocycles. The summed E-state index contributed by atoms with van der Waals surface area (Å²) in [7, 11) is -3.60. The number of phenols is 1. The van der Waals surface area contributed by atoms with Crippen LogP contribution in [0.2, 0.25) is 0 Å². The number of rotatable bonds is 7. The van der Waals surface area contributed by atoms with Crippen molar-refractivity contribution in [1.82, 2.24) is 14.8 Å². The van der Waals surface area contributed by atoms with E-state index in [0.29, 0.717) is 43.4 Å². The van der Waals surface area contributed by atoms with Crippen molar-refractivity contribution in [3.8, 4) is 5.75 Å². The van der Waals surface area contributed by atoms with Crippen LogP contribution in [0.1, 0.15) is 38.1 Å². The van der Waals surface area contributed by atoms with Gasteiger partial charge in [0.1, 0.15) is 11.8 Å². The zero-order chi connectivity index (χ0) is 23.2. The van der Waals surface area contributed by atoms with Crippen LogP contribution in [-0.4, -0.2) is 52.7 Å². The first-order chi connectivity index (χ1) is 15.8. The number of sulfone groups is 1. The maximum Gasteiger partial charge on any atom is 0.251 e. The van der Waals surface area contributed by atoms with Gasteiger partial charge in [-0.2, -0.15) is 9.49 Å². The molecule has 1 aromatic carbocycles. The molecule has 2 fully saturated rings. The van der Waals surface area contributed by atoms with Gasteiger partial charge in [0.15, 0.2) is 20.1 Å². The fourth-order valence-electron chi connectivity index (χ4n) is 4.26. The van der Waals surface area contributed by atoms with Crippen molar-refractivity contribution in [2.24, 2.45) is 5.92 Å². The lowest BCUT2D eigenvalue weighted by atomic mass is 9.92. The van der Waals surface area contributed by atoms with E-state index in [1.165, 1.54) is 23.0 Å². The van der Waals surface area contributed by atoms with Gasteiger partial charge in [0.05, 0.1) is 28.1 Å². The minimum atomic E-state index is -3.60. The second-order valence-electron chi connectivity index (χ2n) is 8.48. The van der Waals surface area contributed by atoms with Crippen LogP contribution in [0, 0.1) is 11.0 Å². The van der Waals surface area contributed by atoms with Crippen LogP contribution < -0.4 is 5.32 Å². The van der Waals surface area contributed by atoms with E-state index in [1.54, 1.807) is 0 Å². The zero-order valence-corrected chi connectivity index (χ0v) is 19.2. The first kappa shape index (κ1) is 22.2. The molecule has 1 amide bonds. The Morgan fingerprint density at radius 3 is 2.70 bits per heavy atom. The number of halogens is 1. The van der Waals surface area contributed by atoms with Crippen LogP contribution in [0.5, 0.6) is 5.75 Å². The van der Waals surface area contributed by atoms with Gasteiger partial charge < -0.3 is 15.2 Å². The number of carbonyl (C=O) groups is 1. The van der Waals surface area contributed by atoms with Crippen LogP contribution in [0.25, 0.3) is 10.9 Å². The molecule has 1 aliphatic carbocycles. The van der Waals surface area contributed by atoms with E-state index in [9.17, 15) is 22.7 Å². The monoisotopic (exact) mass is 494 g/mol. The lowest BCUT2D eigenvalue weighted by Gasteiger charge is -2.26. The summed E-state index contributed by atoms with van der Waals surface area (Å²) in [5.41, 5.74) is 0.353. The van der Waals surface area contributed by atoms with Crippen molar-refractivity contribution in [2.75, 3.05) is 18.5 Å². The number of hydrogen-bond donors (Lipinski definition) is 2. The standard InChI is InChI=1S/C21H23FN4O5S2/c22-19-11-23-21(32-19)25-20(28)17(7-12-3-5-31-6-4-12)26-16-8-13(27)9-18(15(16)10-24-26)33(29,30)14-1-2-14/h8-12,14,17,27H,1-7H2,(H,23,25,28)/t17-/m0/s1. The van der Waals surface area contributed by atoms with Crippen molar-refractivity contribution in [1.29, 1.82) is 0 Å². The third-order valence-corrected chi connectivity index (χ3v) is 9.14. The molecule has 2 N–H and O–H groups in total. The van der Waals surface area contributed by atoms with Crippen molar-refractivity contribution in [2.45, 2.75) is 48.3 Å². The van der Waals surface area contributed by atoms with Gasteiger partial charge in [-0.1, -0.05) is 11.3 Å². The molecule has 0 radical (unpaired) electrons. The maximum absolute atomic E-state index is 13.4. The number of thiazole rings is 1. The second kappa shape index (κ2) is 8.65. The van der Waals surface area contributed by atoms with Gasteiger partial charge in [0.25, 0.3) is 5.91 Å². The highest BCUT2D eigenvalue weighted by Gasteiger charge is 2.39. The van der Waals surface area contributed by atoms with Crippen molar-refractivity contribution < 1.29 is 27.4 Å². The third kappa shape index (κ3) is 4.46. The number of amides is 1. The van der Waals surface area contributed by atoms with E-state index in [0.717, 1.165) is 30.4 Å². The molecule has 1 atom stereocenters. The van der Waals surface area contributed by atoms with Gasteiger partial charge in [0.2, 0.25) is 0 Å². The number of carbonyl (C=O) groups excluding carboxylic acids is 1. The average molecular weight is 495 g/mol. The zero-order valence-electron chi connectivity index (χ0n) is 17.6. The van der Waals surface area contributed by atoms with Gasteiger partial charge in [0, 0.05) is 24.7 Å². The summed E-state index contributed by atoms with van der Waals surface area (Å²) in [4.78, 5) is 17.2. The van der Waals surface area contributed by atoms with E-state index in [4.69, 9.17) is 4.74 Å². The molecular weight excluding hydrogens is 471 g/mol. The van der Waals surface area contributed by atoms with Crippen molar-refractivity contribution in [3.63, 3.8) is 0 Å². The van der Waals surface area contributed by atoms with Crippen LogP contribution >= 0.6 is 11.3 Å². The molecule has 3 aromatic rings. The maximum atomic E-state index is 13.4. The normalized spacial score (nSPS) is 18.5. The Bertz CT molecular complexity index is 1300. The molecule has 5 rings (SSSR count). The van der Waals surface area contributed by atoms with Crippen LogP contribution in [-0.2, 0) is 19.4 Å². The van der Waals surface area contributed by atoms with E-state index < -0.39 is 32.2 Å². The number of aromatic hydroxyl groups is 1. The number of aromatic nitrogens is 3. The summed E-state index contributed by atoms with van der Waals surface area (Å²) in [5.74, 6) is -0.458. The summed E-state index contributed by atoms with van der Waals surface area (Å²) >= 11 is 0.720. The molecule has 33 heavy (non-hydrogen) atoms. The van der Waals surface area contributed by atoms with Crippen molar-refractivity contribution >= 4 is 43.1 Å². The van der Waals surface area contributed by atoms with E-state index >= 15 is 0 Å². The van der Waals surface area contributed by atoms with E-state index in [-0.39, 0.29) is 21.7 Å². The Morgan fingerprint density at radius 1 is 1.27 bits per heavy atom. The summed E-state index contributed by atoms with van der Waals surface area (Å²) in [5, 5.41) is 16.9. The number of nitrogens with zero attached hydrogens (tertiary/aromatic N) is 3. The minimum absolute atomic E-state index is 0.0264. The first-order valence-electron chi connectivity index (χ1n) is 10.8. The fraction of sp³-hybridized carbons (Fsp3) is 0.476. The second-order valence-corrected chi connectivity index (χ2v) is 11.7. The molecule has 2 aromatic heterocycles. The molecule has 176 valence electrons. The largest absolute Gasteiger partial charge is 0.508 e. The van der Waals surface area contributed by atoms with Gasteiger partial charge in [-0.15, -0.1) is 0 Å². The van der Waals surface area contributed by atoms with Gasteiger partial charge >= 0.3 is 0 Å². The quantitative estimate of drug-likeness (QED) is 0.517. The highest BCUT2D eigenvalue weighted by atomic mass is 32.2. The number of nitrogens with one attached hydrogen (secondary N) is 1. The molecule has 0 unspecified atom stereocenters. The Labute approximate surface area is 193 Å². The first-order valence-corrected chi connectivity index (χ1v) is 13.1. The molecule has 0 bridgehead atoms. The Balaban J connectivity index is 1.55. The molecule has 9 nitrogen and oxygen atoms in total. The summed E-state index contributed by atoms with van der Waals surface area (Å²) in [6, 6.07) is 1.85. The molecule has 1 aliphatic heterocycles. The Hall–Kier alpha value is -2.57. The SMILES string of the molecule is O=C(Nc1ncc(F)s1)[C@H](CC1CCOCC1)n1ncc2c(S(=O)(=O)C3CC3)cc(O)cc21. The summed E-state index contributed by atoms with van der Waals surface area (Å²) < 4.78 is 46.2. The van der Waals surface area contributed by atoms with E-state index in [2.05, 4.69) is 15.4 Å². The fourth-order valence-corrected chi connectivity index (χ4v) is 6.67. The van der Waals surface area contributed by atoms with Crippen LogP contribution in [0.4, 0.5) is 9.52 Å². The number of ether oxygens (including phenoxy) is 1. The van der Waals surface area contributed by atoms with Crippen molar-refractivity contribution in [3.05, 3.63) is 29.7 Å². The Morgan fingerprint density at radius 2 is 2.03 bits per heavy atom. The topological polar surface area (TPSA) is 123 Å². The molecule has 1 saturated carbocycles. The number of anilines is 1. The van der Waals surface area contributed by atoms with Crippen LogP contribution in [0.15, 0.2) is 29.4 Å². The molecule has 0 spiro atoms. The lowest BCUT2D eigenvalue weighted by molar-refractivity contribution is -0.120. The predicted molar refractivity (Wildman–Crippen MR) is 120 cm³/mol. The van der Waals surface area contributed by atoms with E-state index in [1.807, 2.05) is 0 Å². The van der Waals surface area contributed by atoms with Gasteiger partial charge in [-0.25, -0.2) is 13.4 Å². The molecule has 2 aliphatic rings. The highest BCUT2D eigenvalue weighted by Crippen LogP contribution is 2.39. The summed E-state index contributed by atoms with van der Waals surface area (Å²) in [6.07, 6.45) is 5.63. The molecule has 1 saturated heterocycles. The number of benzene rings is 1. The number of hydrogen-bond acceptors (Lipinski definition) is 8. The average Bonchev–Trinajstić information content (AvgIpc) is 3.47. The highest BCUT2D eigenvalue weighted by molar-refractivity contribution is 7.92. The predicted octanol–water partition coefficient (Wildman–Crippen LogP) is 3.27. The third-order valence-electron chi connectivity index (χ3n) is 6.14. The molecular formula is C21H23FN4O5S2.